The summed E-state index contributed by atoms with van der Waals surface area (Å²) < 4.78 is 1.07. The van der Waals surface area contributed by atoms with E-state index in [0.717, 1.165) is 3.70 Å². The lowest BCUT2D eigenvalue weighted by Crippen LogP contribution is -1.84. The van der Waals surface area contributed by atoms with Gasteiger partial charge in [-0.3, -0.25) is 9.97 Å². The molecule has 90 valence electrons. The normalized spacial score (nSPS) is 9.47. The lowest BCUT2D eigenvalue weighted by Gasteiger charge is -1.96. The second-order valence-electron chi connectivity index (χ2n) is 4.05. The average molecular weight is 340 g/mol. The van der Waals surface area contributed by atoms with Crippen LogP contribution in [0.3, 0.4) is 0 Å². The van der Waals surface area contributed by atoms with E-state index in [4.69, 9.17) is 0 Å². The number of pyridine rings is 2. The Hall–Kier alpha value is -0.970. The molecule has 0 aromatic carbocycles. The molecule has 0 aliphatic carbocycles. The summed E-state index contributed by atoms with van der Waals surface area (Å²) in [6.07, 6.45) is 5.58. The highest BCUT2D eigenvalue weighted by Crippen LogP contribution is 2.07. The van der Waals surface area contributed by atoms with Crippen LogP contribution in [-0.2, 0) is 0 Å². The summed E-state index contributed by atoms with van der Waals surface area (Å²) in [6, 6.07) is 4.09. The monoisotopic (exact) mass is 340 g/mol. The number of rotatable bonds is 0. The molecule has 0 saturated heterocycles. The molecule has 2 heterocycles. The van der Waals surface area contributed by atoms with Crippen molar-refractivity contribution in [2.75, 3.05) is 0 Å². The second kappa shape index (κ2) is 6.69. The molecular weight excluding hydrogens is 323 g/mol. The molecule has 0 saturated carbocycles. The first kappa shape index (κ1) is 14.1. The minimum Gasteiger partial charge on any atom is -0.264 e. The van der Waals surface area contributed by atoms with E-state index in [2.05, 4.69) is 66.3 Å². The van der Waals surface area contributed by atoms with Gasteiger partial charge in [0.2, 0.25) is 0 Å². The van der Waals surface area contributed by atoms with E-state index in [0.29, 0.717) is 0 Å². The molecule has 0 aliphatic rings. The van der Waals surface area contributed by atoms with Crippen LogP contribution in [0.25, 0.3) is 0 Å². The zero-order chi connectivity index (χ0) is 12.8. The smallest absolute Gasteiger partial charge is 0.101 e. The van der Waals surface area contributed by atoms with Gasteiger partial charge < -0.3 is 0 Å². The summed E-state index contributed by atoms with van der Waals surface area (Å²) in [5.74, 6) is 0. The van der Waals surface area contributed by atoms with Crippen molar-refractivity contribution in [1.29, 1.82) is 0 Å². The van der Waals surface area contributed by atoms with Crippen molar-refractivity contribution < 1.29 is 0 Å². The van der Waals surface area contributed by atoms with Gasteiger partial charge in [0.15, 0.2) is 0 Å². The van der Waals surface area contributed by atoms with E-state index < -0.39 is 0 Å². The largest absolute Gasteiger partial charge is 0.264 e. The predicted octanol–water partition coefficient (Wildman–Crippen LogP) is 4.00. The summed E-state index contributed by atoms with van der Waals surface area (Å²) >= 11 is 2.21. The number of halogens is 1. The predicted molar refractivity (Wildman–Crippen MR) is 80.1 cm³/mol. The van der Waals surface area contributed by atoms with Crippen LogP contribution < -0.4 is 0 Å². The molecule has 0 atom stereocenters. The SMILES string of the molecule is Cc1ccncc1C.Cc1cnc(I)cc1C. The van der Waals surface area contributed by atoms with Gasteiger partial charge >= 0.3 is 0 Å². The second-order valence-corrected chi connectivity index (χ2v) is 5.16. The van der Waals surface area contributed by atoms with Crippen LogP contribution in [0.2, 0.25) is 0 Å². The van der Waals surface area contributed by atoms with Crippen LogP contribution in [0.5, 0.6) is 0 Å². The average Bonchev–Trinajstić information content (AvgIpc) is 2.29. The van der Waals surface area contributed by atoms with Crippen molar-refractivity contribution in [2.45, 2.75) is 27.7 Å². The molecule has 0 bridgehead atoms. The quantitative estimate of drug-likeness (QED) is 0.535. The molecular formula is C14H17IN2. The lowest BCUT2D eigenvalue weighted by atomic mass is 10.2. The van der Waals surface area contributed by atoms with E-state index in [1.807, 2.05) is 24.7 Å². The first-order valence-corrected chi connectivity index (χ1v) is 6.54. The molecule has 0 spiro atoms. The summed E-state index contributed by atoms with van der Waals surface area (Å²) in [5, 5.41) is 0. The Morgan fingerprint density at radius 1 is 0.882 bits per heavy atom. The fourth-order valence-electron chi connectivity index (χ4n) is 1.13. The Morgan fingerprint density at radius 3 is 1.94 bits per heavy atom. The van der Waals surface area contributed by atoms with Gasteiger partial charge in [0.25, 0.3) is 0 Å². The van der Waals surface area contributed by atoms with Crippen LogP contribution in [0.1, 0.15) is 22.3 Å². The first-order valence-electron chi connectivity index (χ1n) is 5.46. The van der Waals surface area contributed by atoms with Crippen molar-refractivity contribution in [3.05, 3.63) is 56.7 Å². The number of hydrogen-bond donors (Lipinski definition) is 0. The van der Waals surface area contributed by atoms with Crippen LogP contribution in [0.15, 0.2) is 30.7 Å². The summed E-state index contributed by atoms with van der Waals surface area (Å²) in [7, 11) is 0. The third kappa shape index (κ3) is 4.81. The molecule has 2 aromatic rings. The number of aromatic nitrogens is 2. The third-order valence-electron chi connectivity index (χ3n) is 2.64. The van der Waals surface area contributed by atoms with Crippen LogP contribution in [0.4, 0.5) is 0 Å². The molecule has 0 N–H and O–H groups in total. The third-order valence-corrected chi connectivity index (χ3v) is 3.23. The van der Waals surface area contributed by atoms with Gasteiger partial charge in [-0.25, -0.2) is 0 Å². The molecule has 2 rings (SSSR count). The minimum atomic E-state index is 1.07. The Balaban J connectivity index is 0.000000171. The number of nitrogens with zero attached hydrogens (tertiary/aromatic N) is 2. The summed E-state index contributed by atoms with van der Waals surface area (Å²) in [4.78, 5) is 8.07. The van der Waals surface area contributed by atoms with Crippen molar-refractivity contribution in [3.8, 4) is 0 Å². The van der Waals surface area contributed by atoms with Gasteiger partial charge in [0, 0.05) is 18.6 Å². The minimum absolute atomic E-state index is 1.07. The van der Waals surface area contributed by atoms with Crippen molar-refractivity contribution in [3.63, 3.8) is 0 Å². The number of aryl methyl sites for hydroxylation is 4. The van der Waals surface area contributed by atoms with Crippen LogP contribution in [0, 0.1) is 31.4 Å². The molecule has 0 aliphatic heterocycles. The summed E-state index contributed by atoms with van der Waals surface area (Å²) in [5.41, 5.74) is 5.14. The van der Waals surface area contributed by atoms with Crippen molar-refractivity contribution >= 4 is 22.6 Å². The molecule has 2 aromatic heterocycles. The molecule has 0 unspecified atom stereocenters. The Kier molecular flexibility index (Phi) is 5.55. The lowest BCUT2D eigenvalue weighted by molar-refractivity contribution is 1.18. The number of hydrogen-bond acceptors (Lipinski definition) is 2. The fourth-order valence-corrected chi connectivity index (χ4v) is 1.74. The van der Waals surface area contributed by atoms with E-state index in [-0.39, 0.29) is 0 Å². The zero-order valence-electron chi connectivity index (χ0n) is 10.7. The van der Waals surface area contributed by atoms with Gasteiger partial charge in [-0.05, 0) is 84.7 Å². The first-order chi connectivity index (χ1) is 8.00. The molecule has 2 nitrogen and oxygen atoms in total. The van der Waals surface area contributed by atoms with Gasteiger partial charge in [-0.1, -0.05) is 0 Å². The Labute approximate surface area is 117 Å². The summed E-state index contributed by atoms with van der Waals surface area (Å²) in [6.45, 7) is 8.30. The molecule has 3 heteroatoms. The highest BCUT2D eigenvalue weighted by molar-refractivity contribution is 14.1. The molecule has 0 radical (unpaired) electrons. The van der Waals surface area contributed by atoms with Crippen molar-refractivity contribution in [2.24, 2.45) is 0 Å². The standard InChI is InChI=1S/C7H8IN.C7H9N/c1-5-3-7(8)9-4-6(5)2;1-6-3-4-8-5-7(6)2/h3-4H,1-2H3;3-5H,1-2H3. The topological polar surface area (TPSA) is 25.8 Å². The molecule has 0 amide bonds. The maximum absolute atomic E-state index is 4.13. The highest BCUT2D eigenvalue weighted by atomic mass is 127. The Bertz CT molecular complexity index is 474. The molecule has 17 heavy (non-hydrogen) atoms. The van der Waals surface area contributed by atoms with Gasteiger partial charge in [0.1, 0.15) is 3.70 Å². The molecule has 0 fully saturated rings. The van der Waals surface area contributed by atoms with E-state index >= 15 is 0 Å². The van der Waals surface area contributed by atoms with Gasteiger partial charge in [-0.15, -0.1) is 0 Å². The van der Waals surface area contributed by atoms with Gasteiger partial charge in [-0.2, -0.15) is 0 Å². The van der Waals surface area contributed by atoms with Crippen LogP contribution in [-0.4, -0.2) is 9.97 Å². The van der Waals surface area contributed by atoms with Crippen LogP contribution >= 0.6 is 22.6 Å². The van der Waals surface area contributed by atoms with Gasteiger partial charge in [0.05, 0.1) is 0 Å². The zero-order valence-corrected chi connectivity index (χ0v) is 12.8. The maximum atomic E-state index is 4.13. The van der Waals surface area contributed by atoms with Crippen molar-refractivity contribution in [1.82, 2.24) is 9.97 Å². The fraction of sp³-hybridized carbons (Fsp3) is 0.286. The Morgan fingerprint density at radius 2 is 1.53 bits per heavy atom. The van der Waals surface area contributed by atoms with E-state index in [1.165, 1.54) is 22.3 Å². The maximum Gasteiger partial charge on any atom is 0.101 e. The highest BCUT2D eigenvalue weighted by Gasteiger charge is 1.91. The van der Waals surface area contributed by atoms with E-state index in [1.54, 1.807) is 0 Å². The van der Waals surface area contributed by atoms with E-state index in [9.17, 15) is 0 Å².